The molecule has 0 fully saturated rings. The number of anilines is 1. The molecule has 5 heteroatoms. The third-order valence-electron chi connectivity index (χ3n) is 3.54. The van der Waals surface area contributed by atoms with Gasteiger partial charge in [-0.15, -0.1) is 0 Å². The average Bonchev–Trinajstić information content (AvgIpc) is 3.03. The van der Waals surface area contributed by atoms with Crippen LogP contribution in [0.1, 0.15) is 41.5 Å². The Morgan fingerprint density at radius 1 is 1.45 bits per heavy atom. The number of carbonyl (C=O) groups is 1. The lowest BCUT2D eigenvalue weighted by molar-refractivity contribution is 0.102. The molecule has 0 bridgehead atoms. The quantitative estimate of drug-likeness (QED) is 0.875. The van der Waals surface area contributed by atoms with Crippen LogP contribution in [0.2, 0.25) is 0 Å². The minimum atomic E-state index is -0.000394. The van der Waals surface area contributed by atoms with Gasteiger partial charge < -0.3 is 5.32 Å². The van der Waals surface area contributed by atoms with Crippen molar-refractivity contribution in [1.82, 2.24) is 9.78 Å². The van der Waals surface area contributed by atoms with Crippen molar-refractivity contribution in [3.8, 4) is 0 Å². The van der Waals surface area contributed by atoms with E-state index in [1.54, 1.807) is 10.9 Å². The largest absolute Gasteiger partial charge is 0.384 e. The van der Waals surface area contributed by atoms with E-state index in [0.29, 0.717) is 11.3 Å². The van der Waals surface area contributed by atoms with Crippen molar-refractivity contribution < 1.29 is 4.79 Å². The van der Waals surface area contributed by atoms with E-state index in [2.05, 4.69) is 26.3 Å². The smallest absolute Gasteiger partial charge is 0.212 e. The van der Waals surface area contributed by atoms with E-state index in [1.165, 1.54) is 5.56 Å². The number of hydrogen-bond acceptors (Lipinski definition) is 3. The van der Waals surface area contributed by atoms with Crippen LogP contribution in [-0.4, -0.2) is 22.1 Å². The maximum atomic E-state index is 12.7. The number of nitrogens with zero attached hydrogens (tertiary/aromatic N) is 2. The monoisotopic (exact) mass is 333 g/mol. The fraction of sp³-hybridized carbons (Fsp3) is 0.333. The van der Waals surface area contributed by atoms with Crippen molar-refractivity contribution in [3.63, 3.8) is 0 Å². The molecule has 0 amide bonds. The first kappa shape index (κ1) is 13.4. The predicted octanol–water partition coefficient (Wildman–Crippen LogP) is 3.43. The fourth-order valence-electron chi connectivity index (χ4n) is 2.51. The maximum absolute atomic E-state index is 12.7. The van der Waals surface area contributed by atoms with E-state index in [9.17, 15) is 4.79 Å². The van der Waals surface area contributed by atoms with E-state index in [4.69, 9.17) is 0 Å². The summed E-state index contributed by atoms with van der Waals surface area (Å²) < 4.78 is 2.50. The number of fused-ring (bicyclic) bond motifs is 1. The van der Waals surface area contributed by atoms with Crippen LogP contribution in [0.25, 0.3) is 0 Å². The van der Waals surface area contributed by atoms with Crippen LogP contribution >= 0.6 is 15.9 Å². The summed E-state index contributed by atoms with van der Waals surface area (Å²) >= 11 is 3.43. The molecule has 3 rings (SSSR count). The van der Waals surface area contributed by atoms with Gasteiger partial charge in [-0.25, -0.2) is 0 Å². The average molecular weight is 334 g/mol. The Bertz CT molecular complexity index is 676. The summed E-state index contributed by atoms with van der Waals surface area (Å²) in [6.45, 7) is 4.97. The highest BCUT2D eigenvalue weighted by Crippen LogP contribution is 2.27. The molecular weight excluding hydrogens is 318 g/mol. The van der Waals surface area contributed by atoms with Crippen molar-refractivity contribution in [2.45, 2.75) is 26.3 Å². The van der Waals surface area contributed by atoms with Gasteiger partial charge in [0.05, 0.1) is 10.7 Å². The molecule has 2 aromatic rings. The zero-order chi connectivity index (χ0) is 14.3. The zero-order valence-electron chi connectivity index (χ0n) is 11.5. The number of nitrogens with one attached hydrogen (secondary N) is 1. The molecular formula is C15H16BrN3O. The zero-order valence-corrected chi connectivity index (χ0v) is 13.1. The Morgan fingerprint density at radius 3 is 3.00 bits per heavy atom. The molecule has 1 aliphatic heterocycles. The molecule has 20 heavy (non-hydrogen) atoms. The number of benzene rings is 1. The minimum absolute atomic E-state index is 0.000394. The topological polar surface area (TPSA) is 46.9 Å². The maximum Gasteiger partial charge on any atom is 0.212 e. The van der Waals surface area contributed by atoms with Gasteiger partial charge in [0.2, 0.25) is 5.78 Å². The predicted molar refractivity (Wildman–Crippen MR) is 82.4 cm³/mol. The van der Waals surface area contributed by atoms with Gasteiger partial charge in [0.25, 0.3) is 0 Å². The van der Waals surface area contributed by atoms with E-state index < -0.39 is 0 Å². The molecule has 0 spiro atoms. The Balaban J connectivity index is 2.03. The van der Waals surface area contributed by atoms with Crippen LogP contribution in [0, 0.1) is 0 Å². The molecule has 0 atom stereocenters. The SMILES string of the molecule is CC(C)n1ncc(Br)c1C(=O)c1ccc2c(c1)NCC2. The minimum Gasteiger partial charge on any atom is -0.384 e. The van der Waals surface area contributed by atoms with Gasteiger partial charge in [0.15, 0.2) is 0 Å². The van der Waals surface area contributed by atoms with Crippen LogP contribution in [0.3, 0.4) is 0 Å². The summed E-state index contributed by atoms with van der Waals surface area (Å²) in [5, 5.41) is 7.57. The van der Waals surface area contributed by atoms with E-state index in [1.807, 2.05) is 32.0 Å². The second-order valence-corrected chi connectivity index (χ2v) is 6.11. The lowest BCUT2D eigenvalue weighted by atomic mass is 10.0. The Labute approximate surface area is 126 Å². The van der Waals surface area contributed by atoms with Gasteiger partial charge in [0.1, 0.15) is 5.69 Å². The number of aromatic nitrogens is 2. The molecule has 1 N–H and O–H groups in total. The molecule has 1 aliphatic rings. The van der Waals surface area contributed by atoms with Gasteiger partial charge in [-0.2, -0.15) is 5.10 Å². The van der Waals surface area contributed by atoms with Gasteiger partial charge in [-0.3, -0.25) is 9.48 Å². The fourth-order valence-corrected chi connectivity index (χ4v) is 2.97. The molecule has 4 nitrogen and oxygen atoms in total. The van der Waals surface area contributed by atoms with Crippen molar-refractivity contribution >= 4 is 27.4 Å². The molecule has 0 radical (unpaired) electrons. The van der Waals surface area contributed by atoms with Crippen LogP contribution < -0.4 is 5.32 Å². The summed E-state index contributed by atoms with van der Waals surface area (Å²) in [4.78, 5) is 12.7. The number of rotatable bonds is 3. The van der Waals surface area contributed by atoms with Crippen molar-refractivity contribution in [2.24, 2.45) is 0 Å². The lowest BCUT2D eigenvalue weighted by Crippen LogP contribution is -2.14. The van der Waals surface area contributed by atoms with Crippen molar-refractivity contribution in [3.05, 3.63) is 45.7 Å². The van der Waals surface area contributed by atoms with E-state index in [0.717, 1.165) is 23.1 Å². The summed E-state index contributed by atoms with van der Waals surface area (Å²) in [7, 11) is 0. The van der Waals surface area contributed by atoms with Crippen LogP contribution in [-0.2, 0) is 6.42 Å². The molecule has 0 saturated heterocycles. The summed E-state index contributed by atoms with van der Waals surface area (Å²) in [5.41, 5.74) is 3.65. The highest BCUT2D eigenvalue weighted by Gasteiger charge is 2.21. The van der Waals surface area contributed by atoms with Crippen LogP contribution in [0.15, 0.2) is 28.9 Å². The number of hydrogen-bond donors (Lipinski definition) is 1. The highest BCUT2D eigenvalue weighted by molar-refractivity contribution is 9.10. The number of carbonyl (C=O) groups excluding carboxylic acids is 1. The third-order valence-corrected chi connectivity index (χ3v) is 4.12. The summed E-state index contributed by atoms with van der Waals surface area (Å²) in [6.07, 6.45) is 2.70. The second kappa shape index (κ2) is 5.05. The standard InChI is InChI=1S/C15H16BrN3O/c1-9(2)19-14(12(16)8-18-19)15(20)11-4-3-10-5-6-17-13(10)7-11/h3-4,7-9,17H,5-6H2,1-2H3. The molecule has 1 aromatic heterocycles. The van der Waals surface area contributed by atoms with Gasteiger partial charge in [-0.1, -0.05) is 12.1 Å². The molecule has 0 unspecified atom stereocenters. The van der Waals surface area contributed by atoms with Gasteiger partial charge >= 0.3 is 0 Å². The van der Waals surface area contributed by atoms with Gasteiger partial charge in [-0.05, 0) is 47.8 Å². The lowest BCUT2D eigenvalue weighted by Gasteiger charge is -2.11. The van der Waals surface area contributed by atoms with Crippen molar-refractivity contribution in [2.75, 3.05) is 11.9 Å². The number of halogens is 1. The first-order chi connectivity index (χ1) is 9.58. The Kier molecular flexibility index (Phi) is 3.38. The normalized spacial score (nSPS) is 13.4. The Hall–Kier alpha value is -1.62. The molecule has 0 saturated carbocycles. The Morgan fingerprint density at radius 2 is 2.25 bits per heavy atom. The first-order valence-corrected chi connectivity index (χ1v) is 7.51. The molecule has 104 valence electrons. The molecule has 2 heterocycles. The van der Waals surface area contributed by atoms with Crippen LogP contribution in [0.5, 0.6) is 0 Å². The van der Waals surface area contributed by atoms with E-state index in [-0.39, 0.29) is 11.8 Å². The van der Waals surface area contributed by atoms with E-state index >= 15 is 0 Å². The van der Waals surface area contributed by atoms with Gasteiger partial charge in [0, 0.05) is 23.8 Å². The third kappa shape index (κ3) is 2.16. The molecule has 0 aliphatic carbocycles. The van der Waals surface area contributed by atoms with Crippen molar-refractivity contribution in [1.29, 1.82) is 0 Å². The number of ketones is 1. The van der Waals surface area contributed by atoms with Crippen LogP contribution in [0.4, 0.5) is 5.69 Å². The first-order valence-electron chi connectivity index (χ1n) is 6.72. The summed E-state index contributed by atoms with van der Waals surface area (Å²) in [6, 6.07) is 6.02. The summed E-state index contributed by atoms with van der Waals surface area (Å²) in [5.74, 6) is -0.000394. The molecule has 1 aromatic carbocycles. The second-order valence-electron chi connectivity index (χ2n) is 5.26. The highest BCUT2D eigenvalue weighted by atomic mass is 79.9.